The fourth-order valence-corrected chi connectivity index (χ4v) is 3.28. The average molecular weight is 326 g/mol. The molecule has 1 unspecified atom stereocenters. The molecule has 0 bridgehead atoms. The summed E-state index contributed by atoms with van der Waals surface area (Å²) in [7, 11) is 1.70. The van der Waals surface area contributed by atoms with E-state index in [0.29, 0.717) is 6.04 Å². The van der Waals surface area contributed by atoms with Gasteiger partial charge in [0.2, 0.25) is 0 Å². The van der Waals surface area contributed by atoms with Crippen molar-refractivity contribution in [2.75, 3.05) is 40.0 Å². The first-order valence-electron chi connectivity index (χ1n) is 8.57. The van der Waals surface area contributed by atoms with E-state index < -0.39 is 0 Å². The summed E-state index contributed by atoms with van der Waals surface area (Å²) in [5.74, 6) is 1.01. The summed E-state index contributed by atoms with van der Waals surface area (Å²) in [6.45, 7) is 6.36. The molecule has 0 radical (unpaired) electrons. The quantitative estimate of drug-likeness (QED) is 0.799. The molecule has 2 aliphatic carbocycles. The van der Waals surface area contributed by atoms with Gasteiger partial charge in [0.25, 0.3) is 0 Å². The molecule has 1 aromatic carbocycles. The minimum atomic E-state index is 0.168. The highest BCUT2D eigenvalue weighted by molar-refractivity contribution is 5.87. The predicted molar refractivity (Wildman–Crippen MR) is 97.1 cm³/mol. The SMILES string of the molecule is CCN1CCN(CO)CC1c1ccccc1.COc1ccc2cc1-2. The first-order valence-corrected chi connectivity index (χ1v) is 8.57. The normalized spacial score (nSPS) is 19.4. The lowest BCUT2D eigenvalue weighted by atomic mass is 10.0. The van der Waals surface area contributed by atoms with Gasteiger partial charge in [-0.3, -0.25) is 9.80 Å². The molecule has 4 rings (SSSR count). The van der Waals surface area contributed by atoms with Crippen molar-refractivity contribution >= 4 is 0 Å². The highest BCUT2D eigenvalue weighted by Gasteiger charge is 2.26. The third-order valence-corrected chi connectivity index (χ3v) is 4.79. The number of aliphatic hydroxyl groups is 1. The van der Waals surface area contributed by atoms with Gasteiger partial charge < -0.3 is 9.84 Å². The molecule has 3 aliphatic rings. The van der Waals surface area contributed by atoms with Gasteiger partial charge in [-0.05, 0) is 29.8 Å². The summed E-state index contributed by atoms with van der Waals surface area (Å²) in [6.07, 6.45) is 0. The molecule has 1 saturated heterocycles. The van der Waals surface area contributed by atoms with Crippen molar-refractivity contribution < 1.29 is 9.84 Å². The van der Waals surface area contributed by atoms with Crippen LogP contribution in [0.5, 0.6) is 5.75 Å². The van der Waals surface area contributed by atoms with Gasteiger partial charge in [0.1, 0.15) is 5.75 Å². The topological polar surface area (TPSA) is 35.9 Å². The van der Waals surface area contributed by atoms with Crippen molar-refractivity contribution in [1.29, 1.82) is 0 Å². The molecule has 0 saturated carbocycles. The zero-order valence-electron chi connectivity index (χ0n) is 14.5. The molecular formula is C20H26N2O2. The molecular weight excluding hydrogens is 300 g/mol. The van der Waals surface area contributed by atoms with Crippen LogP contribution in [0.3, 0.4) is 0 Å². The Labute approximate surface area is 144 Å². The lowest BCUT2D eigenvalue weighted by Crippen LogP contribution is -2.48. The summed E-state index contributed by atoms with van der Waals surface area (Å²) in [5, 5.41) is 9.22. The average Bonchev–Trinajstić information content (AvgIpc) is 3.33. The molecule has 128 valence electrons. The van der Waals surface area contributed by atoms with Crippen molar-refractivity contribution in [3.8, 4) is 16.9 Å². The molecule has 4 heteroatoms. The minimum Gasteiger partial charge on any atom is -0.496 e. The van der Waals surface area contributed by atoms with E-state index in [-0.39, 0.29) is 6.73 Å². The van der Waals surface area contributed by atoms with Gasteiger partial charge >= 0.3 is 0 Å². The Morgan fingerprint density at radius 1 is 1.12 bits per heavy atom. The molecule has 1 atom stereocenters. The fraction of sp³-hybridized carbons (Fsp3) is 0.400. The Kier molecular flexibility index (Phi) is 5.51. The van der Waals surface area contributed by atoms with E-state index in [4.69, 9.17) is 4.74 Å². The first kappa shape index (κ1) is 17.0. The van der Waals surface area contributed by atoms with Gasteiger partial charge in [-0.2, -0.15) is 0 Å². The van der Waals surface area contributed by atoms with Crippen LogP contribution in [-0.2, 0) is 0 Å². The smallest absolute Gasteiger partial charge is 0.126 e. The van der Waals surface area contributed by atoms with Crippen LogP contribution < -0.4 is 4.74 Å². The van der Waals surface area contributed by atoms with E-state index in [2.05, 4.69) is 53.1 Å². The monoisotopic (exact) mass is 326 g/mol. The summed E-state index contributed by atoms with van der Waals surface area (Å²) in [5.41, 5.74) is 3.97. The lowest BCUT2D eigenvalue weighted by Gasteiger charge is -2.40. The van der Waals surface area contributed by atoms with Crippen LogP contribution in [0.15, 0.2) is 48.5 Å². The predicted octanol–water partition coefficient (Wildman–Crippen LogP) is 2.99. The maximum absolute atomic E-state index is 9.22. The van der Waals surface area contributed by atoms with E-state index >= 15 is 0 Å². The number of ether oxygens (including phenoxy) is 1. The Morgan fingerprint density at radius 2 is 1.92 bits per heavy atom. The van der Waals surface area contributed by atoms with Crippen LogP contribution >= 0.6 is 0 Å². The van der Waals surface area contributed by atoms with E-state index in [1.807, 2.05) is 12.1 Å². The van der Waals surface area contributed by atoms with Crippen LogP contribution in [-0.4, -0.2) is 54.9 Å². The highest BCUT2D eigenvalue weighted by Crippen LogP contribution is 2.43. The Morgan fingerprint density at radius 3 is 2.42 bits per heavy atom. The molecule has 1 heterocycles. The fourth-order valence-electron chi connectivity index (χ4n) is 3.28. The third-order valence-electron chi connectivity index (χ3n) is 4.79. The first-order chi connectivity index (χ1) is 11.8. The number of benzene rings is 2. The molecule has 1 aromatic rings. The Bertz CT molecular complexity index is 660. The van der Waals surface area contributed by atoms with Gasteiger partial charge in [0, 0.05) is 31.2 Å². The van der Waals surface area contributed by atoms with Crippen molar-refractivity contribution in [3.63, 3.8) is 0 Å². The van der Waals surface area contributed by atoms with Gasteiger partial charge in [-0.15, -0.1) is 0 Å². The zero-order valence-corrected chi connectivity index (χ0v) is 14.5. The second-order valence-corrected chi connectivity index (χ2v) is 6.19. The van der Waals surface area contributed by atoms with E-state index in [1.165, 1.54) is 16.7 Å². The summed E-state index contributed by atoms with van der Waals surface area (Å²) >= 11 is 0. The Balaban J connectivity index is 0.000000175. The number of aliphatic hydroxyl groups excluding tert-OH is 1. The number of rotatable bonds is 4. The molecule has 1 N–H and O–H groups in total. The van der Waals surface area contributed by atoms with Crippen LogP contribution in [0.2, 0.25) is 0 Å². The van der Waals surface area contributed by atoms with Crippen LogP contribution in [0.25, 0.3) is 11.1 Å². The van der Waals surface area contributed by atoms with Crippen LogP contribution in [0, 0.1) is 0 Å². The summed E-state index contributed by atoms with van der Waals surface area (Å²) in [6, 6.07) is 17.2. The van der Waals surface area contributed by atoms with Gasteiger partial charge in [-0.1, -0.05) is 43.3 Å². The van der Waals surface area contributed by atoms with Crippen molar-refractivity contribution in [1.82, 2.24) is 9.80 Å². The zero-order chi connectivity index (χ0) is 16.9. The van der Waals surface area contributed by atoms with Gasteiger partial charge in [0.05, 0.1) is 13.8 Å². The molecule has 24 heavy (non-hydrogen) atoms. The Hall–Kier alpha value is -1.88. The number of hydrogen-bond donors (Lipinski definition) is 1. The van der Waals surface area contributed by atoms with E-state index in [0.717, 1.165) is 31.9 Å². The van der Waals surface area contributed by atoms with Crippen LogP contribution in [0.4, 0.5) is 0 Å². The second-order valence-electron chi connectivity index (χ2n) is 6.19. The van der Waals surface area contributed by atoms with Crippen LogP contribution in [0.1, 0.15) is 18.5 Å². The molecule has 1 fully saturated rings. The molecule has 1 aliphatic heterocycles. The number of likely N-dealkylation sites (N-methyl/N-ethyl adjacent to an activating group) is 1. The molecule has 0 spiro atoms. The highest BCUT2D eigenvalue weighted by atomic mass is 16.5. The van der Waals surface area contributed by atoms with Crippen molar-refractivity contribution in [3.05, 3.63) is 54.1 Å². The maximum Gasteiger partial charge on any atom is 0.126 e. The molecule has 0 aromatic heterocycles. The van der Waals surface area contributed by atoms with Gasteiger partial charge in [0.15, 0.2) is 0 Å². The number of nitrogens with zero attached hydrogens (tertiary/aromatic N) is 2. The third kappa shape index (κ3) is 3.78. The van der Waals surface area contributed by atoms with Crippen molar-refractivity contribution in [2.45, 2.75) is 13.0 Å². The largest absolute Gasteiger partial charge is 0.496 e. The number of methoxy groups -OCH3 is 1. The maximum atomic E-state index is 9.22. The summed E-state index contributed by atoms with van der Waals surface area (Å²) in [4.78, 5) is 4.57. The minimum absolute atomic E-state index is 0.168. The molecule has 0 amide bonds. The van der Waals surface area contributed by atoms with E-state index in [9.17, 15) is 5.11 Å². The van der Waals surface area contributed by atoms with Crippen molar-refractivity contribution in [2.24, 2.45) is 0 Å². The van der Waals surface area contributed by atoms with Gasteiger partial charge in [-0.25, -0.2) is 0 Å². The van der Waals surface area contributed by atoms with E-state index in [1.54, 1.807) is 7.11 Å². The molecule has 4 nitrogen and oxygen atoms in total. The lowest BCUT2D eigenvalue weighted by molar-refractivity contribution is 0.0219. The number of piperazine rings is 1. The standard InChI is InChI=1S/C13H20N2O.C7H6O/c1-2-15-9-8-14(11-16)10-13(15)12-6-4-3-5-7-12;1-8-7-3-2-5-4-6(5)7/h3-7,13,16H,2,8-11H2,1H3;2-4H,1H3. The number of hydrogen-bond acceptors (Lipinski definition) is 4. The number of fused-ring (bicyclic) bond motifs is 1. The summed E-state index contributed by atoms with van der Waals surface area (Å²) < 4.78 is 5.01. The second kappa shape index (κ2) is 7.79.